The van der Waals surface area contributed by atoms with Gasteiger partial charge >= 0.3 is 0 Å². The minimum atomic E-state index is -0.484. The van der Waals surface area contributed by atoms with Crippen LogP contribution in [0.4, 0.5) is 0 Å². The number of benzene rings is 1. The molecule has 3 N–H and O–H groups in total. The summed E-state index contributed by atoms with van der Waals surface area (Å²) >= 11 is 4.79. The van der Waals surface area contributed by atoms with Gasteiger partial charge in [0.1, 0.15) is 6.10 Å². The summed E-state index contributed by atoms with van der Waals surface area (Å²) in [7, 11) is 0. The van der Waals surface area contributed by atoms with Crippen LogP contribution in [0, 0.1) is 6.92 Å². The quantitative estimate of drug-likeness (QED) is 0.603. The van der Waals surface area contributed by atoms with Gasteiger partial charge in [0.25, 0.3) is 0 Å². The summed E-state index contributed by atoms with van der Waals surface area (Å²) < 4.78 is 13.3. The molecular formula is C15H17N7O2S. The molecule has 0 unspecified atom stereocenters. The summed E-state index contributed by atoms with van der Waals surface area (Å²) in [6.07, 6.45) is -0.0432. The van der Waals surface area contributed by atoms with E-state index in [4.69, 9.17) is 27.4 Å². The molecule has 0 spiro atoms. The molecule has 2 aliphatic heterocycles. The van der Waals surface area contributed by atoms with Gasteiger partial charge in [-0.15, -0.1) is 5.10 Å². The number of tetrazole rings is 1. The second-order valence-electron chi connectivity index (χ2n) is 6.00. The van der Waals surface area contributed by atoms with Gasteiger partial charge in [0.05, 0.1) is 18.4 Å². The number of fused-ring (bicyclic) bond motifs is 2. The second kappa shape index (κ2) is 6.47. The molecule has 2 aliphatic rings. The lowest BCUT2D eigenvalue weighted by Gasteiger charge is -2.28. The number of rotatable bonds is 3. The Morgan fingerprint density at radius 1 is 1.40 bits per heavy atom. The number of aromatic nitrogens is 4. The average molecular weight is 359 g/mol. The normalized spacial score (nSPS) is 26.8. The van der Waals surface area contributed by atoms with Crippen molar-refractivity contribution in [1.82, 2.24) is 25.6 Å². The lowest BCUT2D eigenvalue weighted by Crippen LogP contribution is -2.39. The van der Waals surface area contributed by atoms with Crippen molar-refractivity contribution in [2.75, 3.05) is 6.61 Å². The minimum Gasteiger partial charge on any atom is -0.375 e. The summed E-state index contributed by atoms with van der Waals surface area (Å²) in [6.45, 7) is 2.49. The number of nitrogens with two attached hydrogens (primary N) is 1. The molecule has 3 atom stereocenters. The molecule has 4 rings (SSSR count). The summed E-state index contributed by atoms with van der Waals surface area (Å²) in [6, 6.07) is 7.92. The van der Waals surface area contributed by atoms with Crippen LogP contribution in [0.5, 0.6) is 0 Å². The highest BCUT2D eigenvalue weighted by atomic mass is 32.1. The third kappa shape index (κ3) is 3.11. The van der Waals surface area contributed by atoms with Crippen molar-refractivity contribution in [3.8, 4) is 11.4 Å². The number of hydrogen-bond donors (Lipinski definition) is 2. The molecule has 9 nitrogen and oxygen atoms in total. The molecule has 2 aromatic rings. The van der Waals surface area contributed by atoms with Crippen molar-refractivity contribution in [1.29, 1.82) is 0 Å². The highest BCUT2D eigenvalue weighted by Gasteiger charge is 2.44. The average Bonchev–Trinajstić information content (AvgIpc) is 3.23. The molecule has 0 amide bonds. The van der Waals surface area contributed by atoms with E-state index in [2.05, 4.69) is 26.1 Å². The van der Waals surface area contributed by atoms with E-state index in [1.54, 1.807) is 4.68 Å². The third-order valence-electron chi connectivity index (χ3n) is 4.26. The second-order valence-corrected chi connectivity index (χ2v) is 6.44. The Bertz CT molecular complexity index is 820. The molecule has 0 saturated carbocycles. The van der Waals surface area contributed by atoms with Gasteiger partial charge in [-0.25, -0.2) is 4.68 Å². The number of nitrogens with zero attached hydrogens (tertiary/aromatic N) is 5. The van der Waals surface area contributed by atoms with Gasteiger partial charge in [-0.1, -0.05) is 29.8 Å². The Hall–Kier alpha value is -2.43. The maximum Gasteiger partial charge on any atom is 0.199 e. The van der Waals surface area contributed by atoms with Crippen molar-refractivity contribution >= 4 is 23.0 Å². The van der Waals surface area contributed by atoms with E-state index < -0.39 is 6.29 Å². The van der Waals surface area contributed by atoms with Gasteiger partial charge in [-0.2, -0.15) is 5.10 Å². The van der Waals surface area contributed by atoms with Crippen LogP contribution in [0.15, 0.2) is 29.4 Å². The number of aryl methyl sites for hydroxylation is 1. The maximum atomic E-state index is 5.90. The summed E-state index contributed by atoms with van der Waals surface area (Å²) in [5, 5.41) is 16.5. The van der Waals surface area contributed by atoms with Crippen LogP contribution in [-0.4, -0.2) is 50.0 Å². The number of ether oxygens (including phenoxy) is 2. The first kappa shape index (κ1) is 16.1. The maximum absolute atomic E-state index is 5.90. The van der Waals surface area contributed by atoms with Crippen molar-refractivity contribution in [2.45, 2.75) is 31.8 Å². The highest BCUT2D eigenvalue weighted by Crippen LogP contribution is 2.35. The van der Waals surface area contributed by atoms with Crippen LogP contribution in [0.3, 0.4) is 0 Å². The zero-order chi connectivity index (χ0) is 17.4. The largest absolute Gasteiger partial charge is 0.375 e. The van der Waals surface area contributed by atoms with Crippen molar-refractivity contribution < 1.29 is 9.47 Å². The fraction of sp³-hybridized carbons (Fsp3) is 0.400. The van der Waals surface area contributed by atoms with E-state index in [1.165, 1.54) is 5.56 Å². The van der Waals surface area contributed by atoms with Crippen LogP contribution in [-0.2, 0) is 9.47 Å². The van der Waals surface area contributed by atoms with E-state index in [0.717, 1.165) is 5.56 Å². The highest BCUT2D eigenvalue weighted by molar-refractivity contribution is 7.80. The van der Waals surface area contributed by atoms with E-state index in [-0.39, 0.29) is 17.3 Å². The molecule has 2 fully saturated rings. The van der Waals surface area contributed by atoms with Gasteiger partial charge in [0.15, 0.2) is 17.2 Å². The molecule has 130 valence electrons. The number of thiocarbonyl (C=S) groups is 1. The van der Waals surface area contributed by atoms with E-state index >= 15 is 0 Å². The molecule has 0 aliphatic carbocycles. The van der Waals surface area contributed by atoms with Gasteiger partial charge < -0.3 is 15.2 Å². The molecule has 2 bridgehead atoms. The topological polar surface area (TPSA) is 112 Å². The Labute approximate surface area is 149 Å². The monoisotopic (exact) mass is 359 g/mol. The molecule has 0 radical (unpaired) electrons. The van der Waals surface area contributed by atoms with Gasteiger partial charge in [-0.05, 0) is 29.6 Å². The van der Waals surface area contributed by atoms with Crippen molar-refractivity contribution in [2.24, 2.45) is 10.8 Å². The minimum absolute atomic E-state index is 0.0898. The van der Waals surface area contributed by atoms with Crippen LogP contribution < -0.4 is 11.2 Å². The molecule has 10 heteroatoms. The number of nitrogens with one attached hydrogen (secondary N) is 1. The Morgan fingerprint density at radius 3 is 2.96 bits per heavy atom. The number of hydrogen-bond acceptors (Lipinski definition) is 7. The first-order chi connectivity index (χ1) is 12.1. The lowest BCUT2D eigenvalue weighted by atomic mass is 10.0. The van der Waals surface area contributed by atoms with Crippen LogP contribution in [0.1, 0.15) is 18.0 Å². The summed E-state index contributed by atoms with van der Waals surface area (Å²) in [5.41, 5.74) is 10.8. The fourth-order valence-electron chi connectivity index (χ4n) is 3.02. The lowest BCUT2D eigenvalue weighted by molar-refractivity contribution is -0.0320. The van der Waals surface area contributed by atoms with E-state index in [0.29, 0.717) is 24.6 Å². The smallest absolute Gasteiger partial charge is 0.199 e. The summed E-state index contributed by atoms with van der Waals surface area (Å²) in [4.78, 5) is 0. The first-order valence-corrected chi connectivity index (χ1v) is 8.26. The molecule has 1 aromatic carbocycles. The van der Waals surface area contributed by atoms with Crippen LogP contribution in [0.25, 0.3) is 11.4 Å². The Kier molecular flexibility index (Phi) is 4.15. The zero-order valence-corrected chi connectivity index (χ0v) is 14.3. The van der Waals surface area contributed by atoms with Gasteiger partial charge in [0.2, 0.25) is 0 Å². The molecule has 25 heavy (non-hydrogen) atoms. The Balaban J connectivity index is 1.65. The van der Waals surface area contributed by atoms with Gasteiger partial charge in [0, 0.05) is 12.0 Å². The van der Waals surface area contributed by atoms with Crippen molar-refractivity contribution in [3.05, 3.63) is 29.8 Å². The number of hydrazone groups is 1. The molecule has 1 aromatic heterocycles. The fourth-order valence-corrected chi connectivity index (χ4v) is 3.06. The van der Waals surface area contributed by atoms with Crippen LogP contribution in [0.2, 0.25) is 0 Å². The standard InChI is InChI=1S/C15H17N7O2S/c1-8-2-4-9(5-3-8)13-18-20-21-22(13)11-6-10(17-19-15(16)25)14-23-7-12(11)24-14/h2-5,11-12,14H,6-7H2,1H3,(H3,16,19,25)/b17-10-/t11-,12-,14+/m1/s1. The van der Waals surface area contributed by atoms with Crippen LogP contribution >= 0.6 is 12.2 Å². The van der Waals surface area contributed by atoms with Crippen molar-refractivity contribution in [3.63, 3.8) is 0 Å². The summed E-state index contributed by atoms with van der Waals surface area (Å²) in [5.74, 6) is 0.681. The van der Waals surface area contributed by atoms with Gasteiger partial charge in [-0.3, -0.25) is 5.43 Å². The molecule has 3 heterocycles. The Morgan fingerprint density at radius 2 is 2.20 bits per heavy atom. The predicted molar refractivity (Wildman–Crippen MR) is 93.6 cm³/mol. The molecule has 2 saturated heterocycles. The molecular weight excluding hydrogens is 342 g/mol. The van der Waals surface area contributed by atoms with E-state index in [9.17, 15) is 0 Å². The zero-order valence-electron chi connectivity index (χ0n) is 13.5. The third-order valence-corrected chi connectivity index (χ3v) is 4.35. The SMILES string of the molecule is Cc1ccc(-c2nnnn2[C@@H]2C/C(=N/NC(N)=S)[C@H]3OC[C@H]2O3)cc1. The predicted octanol–water partition coefficient (Wildman–Crippen LogP) is 0.524. The first-order valence-electron chi connectivity index (χ1n) is 7.85. The van der Waals surface area contributed by atoms with E-state index in [1.807, 2.05) is 31.2 Å².